The summed E-state index contributed by atoms with van der Waals surface area (Å²) >= 11 is 7.39. The molecule has 0 spiro atoms. The van der Waals surface area contributed by atoms with Crippen molar-refractivity contribution >= 4 is 57.5 Å². The number of carbonyl (C=O) groups is 2. The third kappa shape index (κ3) is 8.43. The van der Waals surface area contributed by atoms with Gasteiger partial charge in [-0.3, -0.25) is 9.59 Å². The molecule has 0 atom stereocenters. The minimum absolute atomic E-state index is 0.209. The highest BCUT2D eigenvalue weighted by molar-refractivity contribution is 7.14. The average molecular weight is 626 g/mol. The van der Waals surface area contributed by atoms with Crippen molar-refractivity contribution in [2.75, 3.05) is 23.8 Å². The number of hydrogen-bond donors (Lipinski definition) is 3. The van der Waals surface area contributed by atoms with Crippen molar-refractivity contribution in [1.82, 2.24) is 10.4 Å². The molecule has 0 fully saturated rings. The van der Waals surface area contributed by atoms with E-state index in [9.17, 15) is 9.59 Å². The molecule has 0 bridgehead atoms. The molecule has 4 aromatic carbocycles. The lowest BCUT2D eigenvalue weighted by Gasteiger charge is -2.12. The lowest BCUT2D eigenvalue weighted by atomic mass is 10.1. The monoisotopic (exact) mass is 625 g/mol. The maximum Gasteiger partial charge on any atom is 0.271 e. The number of thiazole rings is 1. The van der Waals surface area contributed by atoms with Crippen molar-refractivity contribution < 1.29 is 19.1 Å². The number of para-hydroxylation sites is 1. The van der Waals surface area contributed by atoms with E-state index in [0.29, 0.717) is 39.9 Å². The Labute approximate surface area is 263 Å². The summed E-state index contributed by atoms with van der Waals surface area (Å²) in [6, 6.07) is 28.9. The lowest BCUT2D eigenvalue weighted by Crippen LogP contribution is -2.20. The van der Waals surface area contributed by atoms with Crippen molar-refractivity contribution in [3.8, 4) is 22.8 Å². The number of carbonyl (C=O) groups excluding carboxylic acids is 2. The lowest BCUT2D eigenvalue weighted by molar-refractivity contribution is -0.118. The summed E-state index contributed by atoms with van der Waals surface area (Å²) in [5.41, 5.74) is 6.97. The number of nitrogens with one attached hydrogen (secondary N) is 3. The molecule has 3 N–H and O–H groups in total. The molecule has 0 aliphatic rings. The molecule has 0 aliphatic carbocycles. The van der Waals surface area contributed by atoms with Gasteiger partial charge in [0, 0.05) is 32.9 Å². The Morgan fingerprint density at radius 1 is 0.909 bits per heavy atom. The van der Waals surface area contributed by atoms with Crippen LogP contribution in [0.15, 0.2) is 108 Å². The van der Waals surface area contributed by atoms with E-state index in [4.69, 9.17) is 21.1 Å². The topological polar surface area (TPSA) is 114 Å². The van der Waals surface area contributed by atoms with Gasteiger partial charge < -0.3 is 20.1 Å². The molecule has 1 aromatic heterocycles. The first kappa shape index (κ1) is 30.3. The van der Waals surface area contributed by atoms with Gasteiger partial charge in [-0.1, -0.05) is 41.9 Å². The second-order valence-corrected chi connectivity index (χ2v) is 10.6. The van der Waals surface area contributed by atoms with Gasteiger partial charge in [0.25, 0.3) is 11.8 Å². The first-order valence-electron chi connectivity index (χ1n) is 13.6. The number of aromatic nitrogens is 1. The summed E-state index contributed by atoms with van der Waals surface area (Å²) in [5.74, 6) is 0.172. The number of amides is 2. The second kappa shape index (κ2) is 14.8. The molecule has 11 heteroatoms. The Kier molecular flexibility index (Phi) is 10.2. The number of rotatable bonds is 12. The first-order valence-corrected chi connectivity index (χ1v) is 14.9. The van der Waals surface area contributed by atoms with Crippen LogP contribution in [0.25, 0.3) is 11.3 Å². The van der Waals surface area contributed by atoms with Crippen LogP contribution in [-0.4, -0.2) is 36.2 Å². The Hall–Kier alpha value is -5.19. The van der Waals surface area contributed by atoms with E-state index in [2.05, 4.69) is 26.1 Å². The molecule has 2 amide bonds. The van der Waals surface area contributed by atoms with Gasteiger partial charge in [0.2, 0.25) is 0 Å². The SMILES string of the molecule is CCOc1cc(/C=N/NC(=O)c2ccc(-c3csc(Nc4ccccc4)n3)cc2)ccc1OCC(=O)Nc1ccc(Cl)cc1. The van der Waals surface area contributed by atoms with Crippen LogP contribution in [0.3, 0.4) is 0 Å². The summed E-state index contributed by atoms with van der Waals surface area (Å²) in [5, 5.41) is 13.5. The fourth-order valence-electron chi connectivity index (χ4n) is 4.00. The fourth-order valence-corrected chi connectivity index (χ4v) is 4.86. The van der Waals surface area contributed by atoms with Crippen molar-refractivity contribution in [3.63, 3.8) is 0 Å². The highest BCUT2D eigenvalue weighted by Crippen LogP contribution is 2.29. The van der Waals surface area contributed by atoms with Crippen molar-refractivity contribution in [3.05, 3.63) is 119 Å². The van der Waals surface area contributed by atoms with E-state index < -0.39 is 0 Å². The maximum atomic E-state index is 12.7. The number of hydrazone groups is 1. The minimum Gasteiger partial charge on any atom is -0.490 e. The maximum absolute atomic E-state index is 12.7. The standard InChI is InChI=1S/C33H28ClN5O4S/c1-2-42-30-18-22(8-17-29(30)43-20-31(40)36-27-15-13-25(34)14-16-27)19-35-39-32(41)24-11-9-23(10-12-24)28-21-44-33(38-28)37-26-6-4-3-5-7-26/h3-19,21H,2,20H2,1H3,(H,36,40)(H,37,38)(H,39,41)/b35-19+. The Morgan fingerprint density at radius 2 is 1.68 bits per heavy atom. The number of anilines is 3. The van der Waals surface area contributed by atoms with Crippen LogP contribution >= 0.6 is 22.9 Å². The largest absolute Gasteiger partial charge is 0.490 e. The molecule has 9 nitrogen and oxygen atoms in total. The second-order valence-electron chi connectivity index (χ2n) is 9.29. The number of benzene rings is 4. The van der Waals surface area contributed by atoms with Crippen LogP contribution in [-0.2, 0) is 4.79 Å². The van der Waals surface area contributed by atoms with Gasteiger partial charge in [0.15, 0.2) is 23.2 Å². The molecular weight excluding hydrogens is 598 g/mol. The molecule has 0 unspecified atom stereocenters. The van der Waals surface area contributed by atoms with E-state index in [1.54, 1.807) is 54.6 Å². The van der Waals surface area contributed by atoms with Crippen molar-refractivity contribution in [2.24, 2.45) is 5.10 Å². The number of nitrogens with zero attached hydrogens (tertiary/aromatic N) is 2. The van der Waals surface area contributed by atoms with Crippen molar-refractivity contribution in [1.29, 1.82) is 0 Å². The summed E-state index contributed by atoms with van der Waals surface area (Å²) in [6.45, 7) is 2.03. The quantitative estimate of drug-likeness (QED) is 0.0984. The Morgan fingerprint density at radius 3 is 2.43 bits per heavy atom. The third-order valence-electron chi connectivity index (χ3n) is 6.11. The smallest absolute Gasteiger partial charge is 0.271 e. The molecule has 5 rings (SSSR count). The minimum atomic E-state index is -0.353. The molecule has 0 aliphatic heterocycles. The van der Waals surface area contributed by atoms with Crippen LogP contribution in [0.2, 0.25) is 5.02 Å². The van der Waals surface area contributed by atoms with E-state index in [-0.39, 0.29) is 18.4 Å². The fraction of sp³-hybridized carbons (Fsp3) is 0.0909. The Balaban J connectivity index is 1.14. The predicted molar refractivity (Wildman–Crippen MR) is 176 cm³/mol. The first-order chi connectivity index (χ1) is 21.5. The third-order valence-corrected chi connectivity index (χ3v) is 7.12. The zero-order valence-corrected chi connectivity index (χ0v) is 25.2. The van der Waals surface area contributed by atoms with Crippen LogP contribution in [0.4, 0.5) is 16.5 Å². The zero-order valence-electron chi connectivity index (χ0n) is 23.6. The van der Waals surface area contributed by atoms with Gasteiger partial charge in [-0.2, -0.15) is 5.10 Å². The van der Waals surface area contributed by atoms with Gasteiger partial charge in [0.05, 0.1) is 18.5 Å². The molecular formula is C33H28ClN5O4S. The number of ether oxygens (including phenoxy) is 2. The van der Waals surface area contributed by atoms with Gasteiger partial charge in [-0.25, -0.2) is 10.4 Å². The summed E-state index contributed by atoms with van der Waals surface area (Å²) in [4.78, 5) is 29.6. The molecule has 0 saturated carbocycles. The normalized spacial score (nSPS) is 10.8. The Bertz CT molecular complexity index is 1740. The summed E-state index contributed by atoms with van der Waals surface area (Å²) in [6.07, 6.45) is 1.50. The molecule has 1 heterocycles. The number of hydrogen-bond acceptors (Lipinski definition) is 8. The van der Waals surface area contributed by atoms with E-state index in [1.165, 1.54) is 17.6 Å². The predicted octanol–water partition coefficient (Wildman–Crippen LogP) is 7.39. The zero-order chi connectivity index (χ0) is 30.7. The van der Waals surface area contributed by atoms with Crippen LogP contribution in [0.1, 0.15) is 22.8 Å². The van der Waals surface area contributed by atoms with Crippen LogP contribution in [0, 0.1) is 0 Å². The van der Waals surface area contributed by atoms with E-state index in [1.807, 2.05) is 54.8 Å². The molecule has 0 radical (unpaired) electrons. The molecule has 5 aromatic rings. The van der Waals surface area contributed by atoms with E-state index >= 15 is 0 Å². The van der Waals surface area contributed by atoms with Gasteiger partial charge in [-0.05, 0) is 79.2 Å². The van der Waals surface area contributed by atoms with Gasteiger partial charge >= 0.3 is 0 Å². The molecule has 44 heavy (non-hydrogen) atoms. The summed E-state index contributed by atoms with van der Waals surface area (Å²) in [7, 11) is 0. The van der Waals surface area contributed by atoms with Gasteiger partial charge in [-0.15, -0.1) is 11.3 Å². The molecule has 222 valence electrons. The molecule has 0 saturated heterocycles. The van der Waals surface area contributed by atoms with Crippen LogP contribution in [0.5, 0.6) is 11.5 Å². The highest BCUT2D eigenvalue weighted by atomic mass is 35.5. The van der Waals surface area contributed by atoms with E-state index in [0.717, 1.165) is 22.1 Å². The average Bonchev–Trinajstić information content (AvgIpc) is 3.51. The van der Waals surface area contributed by atoms with Crippen LogP contribution < -0.4 is 25.5 Å². The van der Waals surface area contributed by atoms with Crippen molar-refractivity contribution in [2.45, 2.75) is 6.92 Å². The number of halogens is 1. The van der Waals surface area contributed by atoms with Gasteiger partial charge in [0.1, 0.15) is 0 Å². The summed E-state index contributed by atoms with van der Waals surface area (Å²) < 4.78 is 11.4. The highest BCUT2D eigenvalue weighted by Gasteiger charge is 2.11.